The van der Waals surface area contributed by atoms with Crippen molar-refractivity contribution in [3.63, 3.8) is 0 Å². The summed E-state index contributed by atoms with van der Waals surface area (Å²) in [6, 6.07) is 9.84. The third-order valence-corrected chi connectivity index (χ3v) is 4.25. The molecule has 0 aliphatic heterocycles. The number of nitrogens with one attached hydrogen (secondary N) is 2. The number of hydrogen-bond donors (Lipinski definition) is 3. The average Bonchev–Trinajstić information content (AvgIpc) is 2.43. The summed E-state index contributed by atoms with van der Waals surface area (Å²) >= 11 is 5.79. The van der Waals surface area contributed by atoms with Crippen molar-refractivity contribution in [2.45, 2.75) is 4.90 Å². The lowest BCUT2D eigenvalue weighted by Gasteiger charge is -2.13. The van der Waals surface area contributed by atoms with Gasteiger partial charge in [-0.05, 0) is 24.3 Å². The van der Waals surface area contributed by atoms with Gasteiger partial charge in [0.1, 0.15) is 16.4 Å². The van der Waals surface area contributed by atoms with Crippen LogP contribution < -0.4 is 16.0 Å². The fraction of sp³-hybridized carbons (Fsp3) is 0. The third-order valence-electron chi connectivity index (χ3n) is 2.53. The molecule has 5 nitrogen and oxygen atoms in total. The lowest BCUT2D eigenvalue weighted by Crippen LogP contribution is -2.18. The van der Waals surface area contributed by atoms with Crippen LogP contribution in [-0.2, 0) is 10.0 Å². The molecule has 0 amide bonds. The van der Waals surface area contributed by atoms with E-state index in [0.717, 1.165) is 6.07 Å². The highest BCUT2D eigenvalue weighted by Gasteiger charge is 2.21. The summed E-state index contributed by atoms with van der Waals surface area (Å²) in [7, 11) is -4.02. The number of para-hydroxylation sites is 2. The molecule has 0 heterocycles. The number of sulfonamides is 1. The quantitative estimate of drug-likeness (QED) is 0.598. The highest BCUT2D eigenvalue weighted by atomic mass is 35.5. The number of benzene rings is 2. The average molecular weight is 316 g/mol. The molecule has 0 fully saturated rings. The van der Waals surface area contributed by atoms with Crippen LogP contribution in [0.1, 0.15) is 0 Å². The summed E-state index contributed by atoms with van der Waals surface area (Å²) < 4.78 is 40.3. The second-order valence-corrected chi connectivity index (χ2v) is 5.90. The van der Waals surface area contributed by atoms with Crippen LogP contribution in [0.15, 0.2) is 47.4 Å². The first kappa shape index (κ1) is 14.6. The molecule has 2 rings (SSSR count). The fourth-order valence-corrected chi connectivity index (χ4v) is 3.13. The molecule has 0 saturated heterocycles. The highest BCUT2D eigenvalue weighted by Crippen LogP contribution is 2.29. The minimum Gasteiger partial charge on any atom is -0.323 e. The number of halogens is 2. The molecule has 0 unspecified atom stereocenters. The van der Waals surface area contributed by atoms with E-state index < -0.39 is 15.8 Å². The Balaban J connectivity index is 2.47. The Morgan fingerprint density at radius 1 is 1.10 bits per heavy atom. The Bertz CT molecular complexity index is 717. The van der Waals surface area contributed by atoms with Gasteiger partial charge in [0.15, 0.2) is 0 Å². The Morgan fingerprint density at radius 3 is 2.45 bits per heavy atom. The molecule has 4 N–H and O–H groups in total. The zero-order valence-electron chi connectivity index (χ0n) is 10.1. The molecule has 2 aromatic carbocycles. The van der Waals surface area contributed by atoms with Crippen LogP contribution in [0.4, 0.5) is 15.8 Å². The SMILES string of the molecule is NNc1ccccc1S(=O)(=O)Nc1c(F)cccc1Cl. The monoisotopic (exact) mass is 315 g/mol. The van der Waals surface area contributed by atoms with Gasteiger partial charge in [-0.3, -0.25) is 10.6 Å². The van der Waals surface area contributed by atoms with E-state index in [1.54, 1.807) is 6.07 Å². The molecule has 0 aliphatic carbocycles. The van der Waals surface area contributed by atoms with E-state index in [0.29, 0.717) is 0 Å². The van der Waals surface area contributed by atoms with Crippen LogP contribution in [0.5, 0.6) is 0 Å². The molecule has 0 atom stereocenters. The van der Waals surface area contributed by atoms with E-state index in [4.69, 9.17) is 17.4 Å². The van der Waals surface area contributed by atoms with Crippen molar-refractivity contribution in [3.8, 4) is 0 Å². The van der Waals surface area contributed by atoms with Gasteiger partial charge in [-0.1, -0.05) is 29.8 Å². The first-order chi connectivity index (χ1) is 9.45. The Morgan fingerprint density at radius 2 is 1.80 bits per heavy atom. The predicted molar refractivity (Wildman–Crippen MR) is 76.5 cm³/mol. The van der Waals surface area contributed by atoms with Crippen molar-refractivity contribution in [3.05, 3.63) is 53.3 Å². The number of nitrogens with two attached hydrogens (primary N) is 1. The van der Waals surface area contributed by atoms with Crippen molar-refractivity contribution >= 4 is 33.0 Å². The van der Waals surface area contributed by atoms with Gasteiger partial charge in [-0.15, -0.1) is 0 Å². The summed E-state index contributed by atoms with van der Waals surface area (Å²) in [5.41, 5.74) is 2.15. The third kappa shape index (κ3) is 2.84. The first-order valence-electron chi connectivity index (χ1n) is 5.48. The van der Waals surface area contributed by atoms with Crippen molar-refractivity contribution in [1.29, 1.82) is 0 Å². The molecular formula is C12H11ClFN3O2S. The predicted octanol–water partition coefficient (Wildman–Crippen LogP) is 2.57. The summed E-state index contributed by atoms with van der Waals surface area (Å²) in [6.07, 6.45) is 0. The fourth-order valence-electron chi connectivity index (χ4n) is 1.60. The molecule has 0 spiro atoms. The van der Waals surface area contributed by atoms with Crippen molar-refractivity contribution < 1.29 is 12.8 Å². The number of nitrogen functional groups attached to an aromatic ring is 1. The van der Waals surface area contributed by atoms with Gasteiger partial charge >= 0.3 is 0 Å². The Labute approximate surface area is 120 Å². The van der Waals surface area contributed by atoms with Crippen molar-refractivity contribution in [2.75, 3.05) is 10.1 Å². The maximum Gasteiger partial charge on any atom is 0.264 e. The molecule has 0 bridgehead atoms. The van der Waals surface area contributed by atoms with Crippen LogP contribution >= 0.6 is 11.6 Å². The Kier molecular flexibility index (Phi) is 4.12. The minimum atomic E-state index is -4.02. The molecule has 0 aliphatic rings. The van der Waals surface area contributed by atoms with Crippen LogP contribution in [-0.4, -0.2) is 8.42 Å². The van der Waals surface area contributed by atoms with Crippen LogP contribution in [0.3, 0.4) is 0 Å². The van der Waals surface area contributed by atoms with Gasteiger partial charge in [-0.25, -0.2) is 12.8 Å². The van der Waals surface area contributed by atoms with Gasteiger partial charge in [0.25, 0.3) is 10.0 Å². The maximum absolute atomic E-state index is 13.6. The molecule has 8 heteroatoms. The summed E-state index contributed by atoms with van der Waals surface area (Å²) in [5, 5.41) is -0.0354. The van der Waals surface area contributed by atoms with Crippen molar-refractivity contribution in [1.82, 2.24) is 0 Å². The lowest BCUT2D eigenvalue weighted by atomic mass is 10.3. The van der Waals surface area contributed by atoms with E-state index >= 15 is 0 Å². The van der Waals surface area contributed by atoms with Gasteiger partial charge in [0.2, 0.25) is 0 Å². The van der Waals surface area contributed by atoms with Gasteiger partial charge in [0, 0.05) is 0 Å². The normalized spacial score (nSPS) is 11.2. The van der Waals surface area contributed by atoms with Crippen LogP contribution in [0, 0.1) is 5.82 Å². The minimum absolute atomic E-state index is 0.0354. The van der Waals surface area contributed by atoms with E-state index in [9.17, 15) is 12.8 Å². The summed E-state index contributed by atoms with van der Waals surface area (Å²) in [5.74, 6) is 4.49. The first-order valence-corrected chi connectivity index (χ1v) is 7.34. The van der Waals surface area contributed by atoms with Crippen LogP contribution in [0.25, 0.3) is 0 Å². The molecule has 0 radical (unpaired) electrons. The molecule has 20 heavy (non-hydrogen) atoms. The van der Waals surface area contributed by atoms with Gasteiger partial charge in [0.05, 0.1) is 10.7 Å². The van der Waals surface area contributed by atoms with E-state index in [1.165, 1.54) is 30.3 Å². The smallest absolute Gasteiger partial charge is 0.264 e. The standard InChI is InChI=1S/C12H11ClFN3O2S/c13-8-4-3-5-9(14)12(8)17-20(18,19)11-7-2-1-6-10(11)16-15/h1-7,16-17H,15H2. The maximum atomic E-state index is 13.6. The largest absolute Gasteiger partial charge is 0.323 e. The summed E-state index contributed by atoms with van der Waals surface area (Å²) in [4.78, 5) is -0.109. The van der Waals surface area contributed by atoms with Gasteiger partial charge in [-0.2, -0.15) is 0 Å². The zero-order chi connectivity index (χ0) is 14.8. The molecular weight excluding hydrogens is 305 g/mol. The van der Waals surface area contributed by atoms with E-state index in [2.05, 4.69) is 10.1 Å². The van der Waals surface area contributed by atoms with Crippen LogP contribution in [0.2, 0.25) is 5.02 Å². The summed E-state index contributed by atoms with van der Waals surface area (Å²) in [6.45, 7) is 0. The van der Waals surface area contributed by atoms with E-state index in [-0.39, 0.29) is 21.3 Å². The highest BCUT2D eigenvalue weighted by molar-refractivity contribution is 7.92. The van der Waals surface area contributed by atoms with Crippen molar-refractivity contribution in [2.24, 2.45) is 5.84 Å². The molecule has 0 saturated carbocycles. The molecule has 106 valence electrons. The van der Waals surface area contributed by atoms with E-state index in [1.807, 2.05) is 0 Å². The number of rotatable bonds is 4. The Hall–Kier alpha value is -1.83. The molecule has 0 aromatic heterocycles. The lowest BCUT2D eigenvalue weighted by molar-refractivity contribution is 0.599. The molecule has 2 aromatic rings. The van der Waals surface area contributed by atoms with Gasteiger partial charge < -0.3 is 5.43 Å². The number of anilines is 2. The second-order valence-electron chi connectivity index (χ2n) is 3.84. The zero-order valence-corrected chi connectivity index (χ0v) is 11.7. The number of hydrazine groups is 1. The topological polar surface area (TPSA) is 84.2 Å². The number of hydrogen-bond acceptors (Lipinski definition) is 4. The second kappa shape index (κ2) is 5.66.